The van der Waals surface area contributed by atoms with Gasteiger partial charge in [-0.2, -0.15) is 0 Å². The van der Waals surface area contributed by atoms with E-state index >= 15 is 0 Å². The summed E-state index contributed by atoms with van der Waals surface area (Å²) >= 11 is 3.29. The molecule has 5 nitrogen and oxygen atoms in total. The molecule has 26 heavy (non-hydrogen) atoms. The van der Waals surface area contributed by atoms with E-state index in [4.69, 9.17) is 0 Å². The summed E-state index contributed by atoms with van der Waals surface area (Å²) in [5, 5.41) is 7.92. The zero-order chi connectivity index (χ0) is 18.8. The minimum absolute atomic E-state index is 0.0902. The number of hydrogen-bond donors (Lipinski definition) is 0. The van der Waals surface area contributed by atoms with Crippen LogP contribution in [0.3, 0.4) is 0 Å². The van der Waals surface area contributed by atoms with Gasteiger partial charge in [0.25, 0.3) is 5.91 Å². The van der Waals surface area contributed by atoms with Crippen LogP contribution in [0.1, 0.15) is 21.7 Å². The second-order valence-electron chi connectivity index (χ2n) is 5.81. The molecule has 0 saturated carbocycles. The summed E-state index contributed by atoms with van der Waals surface area (Å²) in [5.74, 6) is -1.13. The molecular weight excluding hydrogens is 406 g/mol. The van der Waals surface area contributed by atoms with Crippen molar-refractivity contribution in [1.29, 1.82) is 0 Å². The van der Waals surface area contributed by atoms with Gasteiger partial charge in [-0.15, -0.1) is 5.10 Å². The molecule has 3 aromatic rings. The third-order valence-electron chi connectivity index (χ3n) is 3.93. The van der Waals surface area contributed by atoms with Gasteiger partial charge in [0, 0.05) is 23.6 Å². The molecule has 0 aliphatic carbocycles. The highest BCUT2D eigenvalue weighted by molar-refractivity contribution is 9.10. The van der Waals surface area contributed by atoms with E-state index < -0.39 is 0 Å². The Morgan fingerprint density at radius 1 is 1.19 bits per heavy atom. The third-order valence-corrected chi connectivity index (χ3v) is 4.42. The second-order valence-corrected chi connectivity index (χ2v) is 6.72. The van der Waals surface area contributed by atoms with Gasteiger partial charge in [-0.1, -0.05) is 21.1 Å². The zero-order valence-electron chi connectivity index (χ0n) is 14.1. The molecule has 0 fully saturated rings. The third kappa shape index (κ3) is 3.65. The number of amides is 1. The molecule has 134 valence electrons. The number of benzene rings is 2. The van der Waals surface area contributed by atoms with Gasteiger partial charge >= 0.3 is 0 Å². The fraction of sp³-hybridized carbons (Fsp3) is 0.167. The van der Waals surface area contributed by atoms with Crippen LogP contribution in [-0.4, -0.2) is 32.8 Å². The predicted octanol–water partition coefficient (Wildman–Crippen LogP) is 3.89. The molecule has 0 atom stereocenters. The van der Waals surface area contributed by atoms with Crippen molar-refractivity contribution < 1.29 is 13.6 Å². The second kappa shape index (κ2) is 7.33. The molecule has 0 unspecified atom stereocenters. The lowest BCUT2D eigenvalue weighted by Crippen LogP contribution is -2.27. The average Bonchev–Trinajstić information content (AvgIpc) is 2.99. The fourth-order valence-electron chi connectivity index (χ4n) is 2.53. The minimum atomic E-state index is -0.389. The molecule has 0 aliphatic rings. The maximum Gasteiger partial charge on any atom is 0.276 e. The molecule has 3 rings (SSSR count). The normalized spacial score (nSPS) is 10.8. The van der Waals surface area contributed by atoms with Crippen molar-refractivity contribution in [3.8, 4) is 5.69 Å². The number of aromatic nitrogens is 3. The van der Waals surface area contributed by atoms with Gasteiger partial charge in [-0.3, -0.25) is 4.79 Å². The summed E-state index contributed by atoms with van der Waals surface area (Å²) in [5.41, 5.74) is 1.66. The molecule has 0 aliphatic heterocycles. The largest absolute Gasteiger partial charge is 0.336 e. The van der Waals surface area contributed by atoms with Gasteiger partial charge in [-0.05, 0) is 49.4 Å². The summed E-state index contributed by atoms with van der Waals surface area (Å²) in [6.45, 7) is 1.79. The lowest BCUT2D eigenvalue weighted by atomic mass is 10.2. The molecule has 1 aromatic heterocycles. The van der Waals surface area contributed by atoms with E-state index in [9.17, 15) is 13.6 Å². The smallest absolute Gasteiger partial charge is 0.276 e. The van der Waals surface area contributed by atoms with E-state index in [1.807, 2.05) is 0 Å². The first kappa shape index (κ1) is 18.2. The zero-order valence-corrected chi connectivity index (χ0v) is 15.7. The van der Waals surface area contributed by atoms with Crippen LogP contribution in [0.25, 0.3) is 5.69 Å². The SMILES string of the molecule is Cc1c(C(=O)N(C)Cc2cc(Br)ccc2F)nnn1-c1ccc(F)cc1. The summed E-state index contributed by atoms with van der Waals surface area (Å²) in [7, 11) is 1.57. The summed E-state index contributed by atoms with van der Waals surface area (Å²) in [4.78, 5) is 14.1. The number of nitrogens with zero attached hydrogens (tertiary/aromatic N) is 4. The molecule has 1 amide bonds. The van der Waals surface area contributed by atoms with Crippen molar-refractivity contribution >= 4 is 21.8 Å². The van der Waals surface area contributed by atoms with E-state index in [0.29, 0.717) is 16.9 Å². The van der Waals surface area contributed by atoms with Gasteiger partial charge < -0.3 is 4.90 Å². The Morgan fingerprint density at radius 3 is 2.58 bits per heavy atom. The highest BCUT2D eigenvalue weighted by Crippen LogP contribution is 2.19. The van der Waals surface area contributed by atoms with Crippen LogP contribution in [0, 0.1) is 18.6 Å². The van der Waals surface area contributed by atoms with Crippen LogP contribution in [-0.2, 0) is 6.54 Å². The number of hydrogen-bond acceptors (Lipinski definition) is 3. The fourth-order valence-corrected chi connectivity index (χ4v) is 2.94. The molecule has 0 radical (unpaired) electrons. The maximum atomic E-state index is 13.9. The van der Waals surface area contributed by atoms with Crippen LogP contribution in [0.4, 0.5) is 8.78 Å². The van der Waals surface area contributed by atoms with E-state index in [1.165, 1.54) is 27.8 Å². The van der Waals surface area contributed by atoms with Crippen LogP contribution in [0.2, 0.25) is 0 Å². The Balaban J connectivity index is 1.83. The summed E-state index contributed by atoms with van der Waals surface area (Å²) in [6, 6.07) is 10.3. The standard InChI is InChI=1S/C18H15BrF2N4O/c1-11-17(22-23-25(11)15-6-4-14(20)5-7-15)18(26)24(2)10-12-9-13(19)3-8-16(12)21/h3-9H,10H2,1-2H3. The Labute approximate surface area is 157 Å². The lowest BCUT2D eigenvalue weighted by molar-refractivity contribution is 0.0777. The van der Waals surface area contributed by atoms with Crippen molar-refractivity contribution in [3.63, 3.8) is 0 Å². The van der Waals surface area contributed by atoms with Crippen LogP contribution in [0.5, 0.6) is 0 Å². The average molecular weight is 421 g/mol. The van der Waals surface area contributed by atoms with E-state index in [0.717, 1.165) is 4.47 Å². The highest BCUT2D eigenvalue weighted by Gasteiger charge is 2.21. The summed E-state index contributed by atoms with van der Waals surface area (Å²) < 4.78 is 29.2. The van der Waals surface area contributed by atoms with Gasteiger partial charge in [0.1, 0.15) is 11.6 Å². The van der Waals surface area contributed by atoms with Crippen molar-refractivity contribution in [2.75, 3.05) is 7.05 Å². The van der Waals surface area contributed by atoms with Crippen LogP contribution < -0.4 is 0 Å². The lowest BCUT2D eigenvalue weighted by Gasteiger charge is -2.17. The number of carbonyl (C=O) groups is 1. The maximum absolute atomic E-state index is 13.9. The van der Waals surface area contributed by atoms with E-state index in [-0.39, 0.29) is 29.8 Å². The van der Waals surface area contributed by atoms with Gasteiger partial charge in [0.05, 0.1) is 11.4 Å². The number of halogens is 3. The monoisotopic (exact) mass is 420 g/mol. The Kier molecular flexibility index (Phi) is 5.13. The quantitative estimate of drug-likeness (QED) is 0.643. The number of rotatable bonds is 4. The Morgan fingerprint density at radius 2 is 1.88 bits per heavy atom. The molecule has 0 N–H and O–H groups in total. The molecule has 8 heteroatoms. The van der Waals surface area contributed by atoms with Crippen LogP contribution in [0.15, 0.2) is 46.9 Å². The van der Waals surface area contributed by atoms with Crippen molar-refractivity contribution in [2.24, 2.45) is 0 Å². The molecule has 2 aromatic carbocycles. The van der Waals surface area contributed by atoms with E-state index in [2.05, 4.69) is 26.2 Å². The van der Waals surface area contributed by atoms with Crippen molar-refractivity contribution in [2.45, 2.75) is 13.5 Å². The minimum Gasteiger partial charge on any atom is -0.336 e. The predicted molar refractivity (Wildman–Crippen MR) is 96.0 cm³/mol. The first-order chi connectivity index (χ1) is 12.4. The molecule has 0 saturated heterocycles. The number of carbonyl (C=O) groups excluding carboxylic acids is 1. The molecule has 0 bridgehead atoms. The molecule has 1 heterocycles. The Bertz CT molecular complexity index is 956. The Hall–Kier alpha value is -2.61. The summed E-state index contributed by atoms with van der Waals surface area (Å²) in [6.07, 6.45) is 0. The van der Waals surface area contributed by atoms with Gasteiger partial charge in [0.2, 0.25) is 0 Å². The van der Waals surface area contributed by atoms with E-state index in [1.54, 1.807) is 38.2 Å². The first-order valence-corrected chi connectivity index (χ1v) is 8.53. The van der Waals surface area contributed by atoms with Crippen molar-refractivity contribution in [1.82, 2.24) is 19.9 Å². The highest BCUT2D eigenvalue weighted by atomic mass is 79.9. The van der Waals surface area contributed by atoms with Gasteiger partial charge in [-0.25, -0.2) is 13.5 Å². The molecular formula is C18H15BrF2N4O. The topological polar surface area (TPSA) is 51.0 Å². The van der Waals surface area contributed by atoms with Crippen LogP contribution >= 0.6 is 15.9 Å². The van der Waals surface area contributed by atoms with Crippen molar-refractivity contribution in [3.05, 3.63) is 75.5 Å². The molecule has 0 spiro atoms. The van der Waals surface area contributed by atoms with Gasteiger partial charge in [0.15, 0.2) is 5.69 Å². The first-order valence-electron chi connectivity index (χ1n) is 7.74.